The Labute approximate surface area is 171 Å². The Kier molecular flexibility index (Phi) is 11.6. The largest absolute Gasteiger partial charge is 0.473 e. The number of hydrogen-bond donors (Lipinski definition) is 4. The third-order valence-electron chi connectivity index (χ3n) is 4.60. The number of carboxylic acid groups (broad SMARTS) is 2. The van der Waals surface area contributed by atoms with Crippen LogP contribution in [0.1, 0.15) is 50.5 Å². The standard InChI is InChI=1S/C19H28N2O2.C2H2O4/c20-14-5-4-9-18-10-6-12-19(22,23-18)13-16-21-15-11-17-7-2-1-3-8-17;3-1(4)2(5)6/h1-3,7-8,18,21-22H,4-6,9-13,15-16H2;(H,3,4)(H,5,6). The minimum absolute atomic E-state index is 0.103. The van der Waals surface area contributed by atoms with E-state index in [1.54, 1.807) is 0 Å². The van der Waals surface area contributed by atoms with E-state index in [1.807, 2.05) is 6.07 Å². The van der Waals surface area contributed by atoms with Crippen molar-refractivity contribution >= 4 is 11.9 Å². The van der Waals surface area contributed by atoms with Crippen molar-refractivity contribution < 1.29 is 29.6 Å². The predicted octanol–water partition coefficient (Wildman–Crippen LogP) is 2.32. The van der Waals surface area contributed by atoms with Crippen LogP contribution in [-0.2, 0) is 20.7 Å². The number of ether oxygens (including phenoxy) is 1. The summed E-state index contributed by atoms with van der Waals surface area (Å²) in [6.45, 7) is 1.67. The van der Waals surface area contributed by atoms with Crippen molar-refractivity contribution in [1.82, 2.24) is 5.32 Å². The molecule has 160 valence electrons. The molecule has 29 heavy (non-hydrogen) atoms. The molecule has 0 spiro atoms. The van der Waals surface area contributed by atoms with Crippen LogP contribution in [0.2, 0.25) is 0 Å². The number of nitrogens with zero attached hydrogens (tertiary/aromatic N) is 1. The smallest absolute Gasteiger partial charge is 0.414 e. The first-order valence-corrected chi connectivity index (χ1v) is 9.84. The third kappa shape index (κ3) is 11.2. The van der Waals surface area contributed by atoms with Gasteiger partial charge in [-0.25, -0.2) is 9.59 Å². The Morgan fingerprint density at radius 3 is 2.52 bits per heavy atom. The minimum atomic E-state index is -1.82. The van der Waals surface area contributed by atoms with Crippen LogP contribution in [0.25, 0.3) is 0 Å². The molecule has 0 amide bonds. The lowest BCUT2D eigenvalue weighted by molar-refractivity contribution is -0.257. The van der Waals surface area contributed by atoms with Gasteiger partial charge < -0.3 is 25.4 Å². The maximum atomic E-state index is 10.6. The second-order valence-electron chi connectivity index (χ2n) is 6.97. The molecule has 0 aliphatic carbocycles. The van der Waals surface area contributed by atoms with Gasteiger partial charge in [-0.15, -0.1) is 0 Å². The molecule has 1 fully saturated rings. The van der Waals surface area contributed by atoms with Gasteiger partial charge in [0.25, 0.3) is 0 Å². The van der Waals surface area contributed by atoms with E-state index >= 15 is 0 Å². The van der Waals surface area contributed by atoms with E-state index in [0.717, 1.165) is 45.2 Å². The summed E-state index contributed by atoms with van der Waals surface area (Å²) < 4.78 is 5.89. The Hall–Kier alpha value is -2.47. The highest BCUT2D eigenvalue weighted by Gasteiger charge is 2.34. The summed E-state index contributed by atoms with van der Waals surface area (Å²) in [5.74, 6) is -4.64. The van der Waals surface area contributed by atoms with Crippen LogP contribution >= 0.6 is 0 Å². The van der Waals surface area contributed by atoms with Gasteiger partial charge in [0.2, 0.25) is 0 Å². The van der Waals surface area contributed by atoms with Crippen molar-refractivity contribution in [3.8, 4) is 6.07 Å². The van der Waals surface area contributed by atoms with Gasteiger partial charge in [0.05, 0.1) is 12.2 Å². The molecule has 1 aliphatic heterocycles. The number of aliphatic carboxylic acids is 2. The first-order chi connectivity index (χ1) is 13.9. The van der Waals surface area contributed by atoms with Gasteiger partial charge in [-0.1, -0.05) is 30.3 Å². The summed E-state index contributed by atoms with van der Waals surface area (Å²) in [7, 11) is 0. The molecule has 0 saturated carbocycles. The molecule has 8 nitrogen and oxygen atoms in total. The number of rotatable bonds is 9. The maximum Gasteiger partial charge on any atom is 0.414 e. The van der Waals surface area contributed by atoms with Gasteiger partial charge in [-0.2, -0.15) is 5.26 Å². The molecule has 2 atom stereocenters. The molecule has 1 aromatic rings. The monoisotopic (exact) mass is 406 g/mol. The molecule has 0 aromatic heterocycles. The van der Waals surface area contributed by atoms with Crippen molar-refractivity contribution in [2.24, 2.45) is 0 Å². The van der Waals surface area contributed by atoms with Crippen molar-refractivity contribution in [3.05, 3.63) is 35.9 Å². The van der Waals surface area contributed by atoms with E-state index in [-0.39, 0.29) is 6.10 Å². The van der Waals surface area contributed by atoms with Crippen LogP contribution in [0.3, 0.4) is 0 Å². The number of aliphatic hydroxyl groups is 1. The number of nitrogens with one attached hydrogen (secondary N) is 1. The molecule has 0 radical (unpaired) electrons. The fourth-order valence-electron chi connectivity index (χ4n) is 3.12. The average molecular weight is 406 g/mol. The van der Waals surface area contributed by atoms with Crippen LogP contribution in [0, 0.1) is 11.3 Å². The van der Waals surface area contributed by atoms with Crippen LogP contribution < -0.4 is 5.32 Å². The van der Waals surface area contributed by atoms with E-state index < -0.39 is 17.7 Å². The fourth-order valence-corrected chi connectivity index (χ4v) is 3.12. The lowest BCUT2D eigenvalue weighted by Gasteiger charge is -2.37. The van der Waals surface area contributed by atoms with E-state index in [0.29, 0.717) is 19.3 Å². The lowest BCUT2D eigenvalue weighted by atomic mass is 9.96. The lowest BCUT2D eigenvalue weighted by Crippen LogP contribution is -2.42. The zero-order chi connectivity index (χ0) is 21.5. The van der Waals surface area contributed by atoms with Gasteiger partial charge in [0.15, 0.2) is 5.79 Å². The molecular formula is C21H30N2O6. The topological polar surface area (TPSA) is 140 Å². The van der Waals surface area contributed by atoms with E-state index in [9.17, 15) is 5.11 Å². The Balaban J connectivity index is 0.000000612. The van der Waals surface area contributed by atoms with Crippen molar-refractivity contribution in [2.75, 3.05) is 13.1 Å². The minimum Gasteiger partial charge on any atom is -0.473 e. The molecule has 4 N–H and O–H groups in total. The normalized spacial score (nSPS) is 20.8. The van der Waals surface area contributed by atoms with Crippen LogP contribution in [-0.4, -0.2) is 52.2 Å². The molecule has 2 unspecified atom stereocenters. The molecule has 1 aromatic carbocycles. The first-order valence-electron chi connectivity index (χ1n) is 9.84. The number of nitriles is 1. The number of carbonyl (C=O) groups is 2. The highest BCUT2D eigenvalue weighted by atomic mass is 16.6. The number of unbranched alkanes of at least 4 members (excludes halogenated alkanes) is 1. The maximum absolute atomic E-state index is 10.6. The van der Waals surface area contributed by atoms with Crippen molar-refractivity contribution in [1.29, 1.82) is 5.26 Å². The molecular weight excluding hydrogens is 376 g/mol. The van der Waals surface area contributed by atoms with Crippen LogP contribution in [0.5, 0.6) is 0 Å². The van der Waals surface area contributed by atoms with Gasteiger partial charge in [0.1, 0.15) is 0 Å². The number of hydrogen-bond acceptors (Lipinski definition) is 6. The molecule has 2 rings (SSSR count). The average Bonchev–Trinajstić information content (AvgIpc) is 2.69. The third-order valence-corrected chi connectivity index (χ3v) is 4.60. The molecule has 8 heteroatoms. The number of benzene rings is 1. The Morgan fingerprint density at radius 1 is 1.21 bits per heavy atom. The summed E-state index contributed by atoms with van der Waals surface area (Å²) in [4.78, 5) is 18.2. The second-order valence-corrected chi connectivity index (χ2v) is 6.97. The predicted molar refractivity (Wildman–Crippen MR) is 106 cm³/mol. The van der Waals surface area contributed by atoms with E-state index in [4.69, 9.17) is 29.8 Å². The molecule has 1 heterocycles. The molecule has 0 bridgehead atoms. The highest BCUT2D eigenvalue weighted by molar-refractivity contribution is 6.27. The van der Waals surface area contributed by atoms with Crippen molar-refractivity contribution in [2.45, 2.75) is 63.3 Å². The second kappa shape index (κ2) is 13.7. The Bertz CT molecular complexity index is 649. The summed E-state index contributed by atoms with van der Waals surface area (Å²) in [5.41, 5.74) is 1.32. The summed E-state index contributed by atoms with van der Waals surface area (Å²) >= 11 is 0. The van der Waals surface area contributed by atoms with Crippen LogP contribution in [0.4, 0.5) is 0 Å². The van der Waals surface area contributed by atoms with E-state index in [2.05, 4.69) is 35.7 Å². The van der Waals surface area contributed by atoms with Crippen molar-refractivity contribution in [3.63, 3.8) is 0 Å². The molecule has 1 aliphatic rings. The molecule has 1 saturated heterocycles. The van der Waals surface area contributed by atoms with Gasteiger partial charge >= 0.3 is 11.9 Å². The van der Waals surface area contributed by atoms with Crippen LogP contribution in [0.15, 0.2) is 30.3 Å². The highest BCUT2D eigenvalue weighted by Crippen LogP contribution is 2.31. The fraction of sp³-hybridized carbons (Fsp3) is 0.571. The Morgan fingerprint density at radius 2 is 1.90 bits per heavy atom. The van der Waals surface area contributed by atoms with Gasteiger partial charge in [-0.3, -0.25) is 0 Å². The van der Waals surface area contributed by atoms with Gasteiger partial charge in [-0.05, 0) is 44.2 Å². The first kappa shape index (κ1) is 24.6. The zero-order valence-electron chi connectivity index (χ0n) is 16.5. The van der Waals surface area contributed by atoms with E-state index in [1.165, 1.54) is 5.56 Å². The summed E-state index contributed by atoms with van der Waals surface area (Å²) in [5, 5.41) is 37.4. The SMILES string of the molecule is N#CCCCC1CCCC(O)(CCNCCc2ccccc2)O1.O=C(O)C(=O)O. The summed E-state index contributed by atoms with van der Waals surface area (Å²) in [6.07, 6.45) is 6.72. The van der Waals surface area contributed by atoms with Gasteiger partial charge in [0, 0.05) is 25.8 Å². The zero-order valence-corrected chi connectivity index (χ0v) is 16.5. The summed E-state index contributed by atoms with van der Waals surface area (Å²) in [6, 6.07) is 12.6. The quantitative estimate of drug-likeness (QED) is 0.362. The number of carboxylic acids is 2.